The molecule has 1 fully saturated rings. The van der Waals surface area contributed by atoms with Gasteiger partial charge in [-0.2, -0.15) is 0 Å². The number of carbonyl (C=O) groups is 2. The first-order chi connectivity index (χ1) is 8.65. The molecule has 0 aliphatic carbocycles. The van der Waals surface area contributed by atoms with Gasteiger partial charge in [-0.3, -0.25) is 9.59 Å². The first-order valence-corrected chi connectivity index (χ1v) is 5.75. The van der Waals surface area contributed by atoms with Crippen LogP contribution in [-0.4, -0.2) is 57.7 Å². The number of amides is 1. The molecule has 1 aliphatic heterocycles. The molecule has 7 nitrogen and oxygen atoms in total. The fraction of sp³-hybridized carbons (Fsp3) is 0.545. The number of carbonyl (C=O) groups excluding carboxylic acids is 1. The number of aromatic nitrogens is 2. The summed E-state index contributed by atoms with van der Waals surface area (Å²) in [4.78, 5) is 31.3. The highest BCUT2D eigenvalue weighted by Crippen LogP contribution is 2.21. The van der Waals surface area contributed by atoms with Crippen LogP contribution in [0.1, 0.15) is 17.4 Å². The van der Waals surface area contributed by atoms with E-state index >= 15 is 0 Å². The molecule has 1 aromatic rings. The lowest BCUT2D eigenvalue weighted by Crippen LogP contribution is -2.46. The molecule has 0 bridgehead atoms. The molecule has 7 heteroatoms. The third-order valence-electron chi connectivity index (χ3n) is 3.10. The fourth-order valence-corrected chi connectivity index (χ4v) is 2.14. The van der Waals surface area contributed by atoms with Gasteiger partial charge in [-0.05, 0) is 6.92 Å². The Hall–Kier alpha value is -1.89. The Labute approximate surface area is 104 Å². The number of carboxylic acids is 1. The smallest absolute Gasteiger partial charge is 0.311 e. The molecule has 0 aromatic carbocycles. The lowest BCUT2D eigenvalue weighted by Gasteiger charge is -2.28. The third-order valence-corrected chi connectivity index (χ3v) is 3.10. The number of imidazole rings is 1. The largest absolute Gasteiger partial charge is 0.481 e. The Balaban J connectivity index is 2.18. The molecule has 2 rings (SSSR count). The number of nitrogens with one attached hydrogen (secondary N) is 1. The van der Waals surface area contributed by atoms with Crippen LogP contribution < -0.4 is 0 Å². The van der Waals surface area contributed by atoms with Crippen molar-refractivity contribution in [3.05, 3.63) is 18.2 Å². The molecule has 98 valence electrons. The molecule has 2 heterocycles. The summed E-state index contributed by atoms with van der Waals surface area (Å²) in [5.41, 5.74) is 0.355. The van der Waals surface area contributed by atoms with Crippen LogP contribution in [0.2, 0.25) is 0 Å². The molecule has 1 amide bonds. The van der Waals surface area contributed by atoms with Crippen molar-refractivity contribution in [1.82, 2.24) is 14.9 Å². The number of carboxylic acid groups (broad SMARTS) is 1. The maximum Gasteiger partial charge on any atom is 0.311 e. The Morgan fingerprint density at radius 2 is 2.39 bits per heavy atom. The summed E-state index contributed by atoms with van der Waals surface area (Å²) >= 11 is 0. The zero-order chi connectivity index (χ0) is 13.1. The predicted molar refractivity (Wildman–Crippen MR) is 61.0 cm³/mol. The summed E-state index contributed by atoms with van der Waals surface area (Å²) in [6.45, 7) is 2.64. The zero-order valence-electron chi connectivity index (χ0n) is 10.00. The number of rotatable bonds is 4. The highest BCUT2D eigenvalue weighted by Gasteiger charge is 2.39. The number of hydrogen-bond acceptors (Lipinski definition) is 4. The van der Waals surface area contributed by atoms with Gasteiger partial charge < -0.3 is 19.7 Å². The Kier molecular flexibility index (Phi) is 3.61. The van der Waals surface area contributed by atoms with E-state index in [2.05, 4.69) is 9.97 Å². The van der Waals surface area contributed by atoms with Crippen LogP contribution in [-0.2, 0) is 9.53 Å². The second-order valence-electron chi connectivity index (χ2n) is 4.11. The highest BCUT2D eigenvalue weighted by molar-refractivity contribution is 5.92. The molecule has 1 aliphatic rings. The number of likely N-dealkylation sites (N-methyl/N-ethyl adjacent to an activating group) is 1. The van der Waals surface area contributed by atoms with Gasteiger partial charge >= 0.3 is 5.97 Å². The number of H-pyrrole nitrogens is 1. The normalized spacial score (nSPS) is 22.9. The topological polar surface area (TPSA) is 95.5 Å². The van der Waals surface area contributed by atoms with Gasteiger partial charge in [0.1, 0.15) is 11.6 Å². The molecule has 1 saturated heterocycles. The average Bonchev–Trinajstić information content (AvgIpc) is 3.00. The summed E-state index contributed by atoms with van der Waals surface area (Å²) in [7, 11) is 0. The van der Waals surface area contributed by atoms with Gasteiger partial charge in [-0.1, -0.05) is 0 Å². The van der Waals surface area contributed by atoms with E-state index in [1.807, 2.05) is 6.92 Å². The van der Waals surface area contributed by atoms with Gasteiger partial charge in [0.2, 0.25) is 0 Å². The number of ether oxygens (including phenoxy) is 1. The molecule has 2 N–H and O–H groups in total. The molecule has 1 aromatic heterocycles. The van der Waals surface area contributed by atoms with Gasteiger partial charge in [0.15, 0.2) is 0 Å². The van der Waals surface area contributed by atoms with E-state index in [1.54, 1.807) is 0 Å². The van der Waals surface area contributed by atoms with Crippen molar-refractivity contribution in [3.8, 4) is 0 Å². The number of hydrogen-bond donors (Lipinski definition) is 2. The van der Waals surface area contributed by atoms with Crippen LogP contribution >= 0.6 is 0 Å². The van der Waals surface area contributed by atoms with Gasteiger partial charge in [-0.15, -0.1) is 0 Å². The van der Waals surface area contributed by atoms with Crippen LogP contribution in [0.3, 0.4) is 0 Å². The zero-order valence-corrected chi connectivity index (χ0v) is 10.00. The van der Waals surface area contributed by atoms with Crippen molar-refractivity contribution < 1.29 is 19.4 Å². The Morgan fingerprint density at radius 3 is 2.94 bits per heavy atom. The fourth-order valence-electron chi connectivity index (χ4n) is 2.14. The van der Waals surface area contributed by atoms with E-state index in [9.17, 15) is 9.59 Å². The average molecular weight is 253 g/mol. The number of nitrogens with zero attached hydrogens (tertiary/aromatic N) is 2. The highest BCUT2D eigenvalue weighted by atomic mass is 16.5. The summed E-state index contributed by atoms with van der Waals surface area (Å²) in [5, 5.41) is 9.10. The maximum atomic E-state index is 12.2. The van der Waals surface area contributed by atoms with Crippen molar-refractivity contribution in [2.45, 2.75) is 13.0 Å². The van der Waals surface area contributed by atoms with Crippen molar-refractivity contribution in [3.63, 3.8) is 0 Å². The molecule has 0 spiro atoms. The summed E-state index contributed by atoms with van der Waals surface area (Å²) in [5.74, 6) is -1.86. The molecular weight excluding hydrogens is 238 g/mol. The van der Waals surface area contributed by atoms with Crippen LogP contribution in [0.15, 0.2) is 12.5 Å². The van der Waals surface area contributed by atoms with Crippen LogP contribution in [0.25, 0.3) is 0 Å². The first-order valence-electron chi connectivity index (χ1n) is 5.75. The van der Waals surface area contributed by atoms with Crippen LogP contribution in [0, 0.1) is 5.92 Å². The Bertz CT molecular complexity index is 432. The summed E-state index contributed by atoms with van der Waals surface area (Å²) < 4.78 is 5.18. The second kappa shape index (κ2) is 5.18. The summed E-state index contributed by atoms with van der Waals surface area (Å²) in [6.07, 6.45) is 2.84. The lowest BCUT2D eigenvalue weighted by molar-refractivity contribution is -0.142. The van der Waals surface area contributed by atoms with Crippen LogP contribution in [0.5, 0.6) is 0 Å². The standard InChI is InChI=1S/C11H15N3O4/c1-2-14(10(15)8-3-12-6-13-8)9-5-18-4-7(9)11(16)17/h3,6-7,9H,2,4-5H2,1H3,(H,12,13)(H,16,17). The lowest BCUT2D eigenvalue weighted by atomic mass is 10.0. The number of aromatic amines is 1. The SMILES string of the molecule is CCN(C(=O)c1cnc[nH]1)C1COCC1C(=O)O. The summed E-state index contributed by atoms with van der Waals surface area (Å²) in [6, 6.07) is -0.428. The minimum Gasteiger partial charge on any atom is -0.481 e. The molecular formula is C11H15N3O4. The Morgan fingerprint density at radius 1 is 1.61 bits per heavy atom. The molecule has 0 radical (unpaired) electrons. The van der Waals surface area contributed by atoms with E-state index in [0.29, 0.717) is 12.2 Å². The van der Waals surface area contributed by atoms with Crippen molar-refractivity contribution in [1.29, 1.82) is 0 Å². The molecule has 2 unspecified atom stereocenters. The van der Waals surface area contributed by atoms with Crippen molar-refractivity contribution in [2.24, 2.45) is 5.92 Å². The second-order valence-corrected chi connectivity index (χ2v) is 4.11. The quantitative estimate of drug-likeness (QED) is 0.785. The maximum absolute atomic E-state index is 12.2. The van der Waals surface area contributed by atoms with Gasteiger partial charge in [-0.25, -0.2) is 4.98 Å². The van der Waals surface area contributed by atoms with E-state index in [-0.39, 0.29) is 19.1 Å². The van der Waals surface area contributed by atoms with E-state index in [0.717, 1.165) is 0 Å². The predicted octanol–water partition coefficient (Wildman–Crippen LogP) is -0.0286. The number of aliphatic carboxylic acids is 1. The van der Waals surface area contributed by atoms with Crippen LogP contribution in [0.4, 0.5) is 0 Å². The van der Waals surface area contributed by atoms with Gasteiger partial charge in [0, 0.05) is 6.54 Å². The molecule has 0 saturated carbocycles. The molecule has 18 heavy (non-hydrogen) atoms. The van der Waals surface area contributed by atoms with Crippen molar-refractivity contribution >= 4 is 11.9 Å². The minimum atomic E-state index is -0.937. The minimum absolute atomic E-state index is 0.146. The monoisotopic (exact) mass is 253 g/mol. The van der Waals surface area contributed by atoms with Gasteiger partial charge in [0.25, 0.3) is 5.91 Å². The van der Waals surface area contributed by atoms with E-state index < -0.39 is 17.9 Å². The molecule has 2 atom stereocenters. The van der Waals surface area contributed by atoms with E-state index in [1.165, 1.54) is 17.4 Å². The van der Waals surface area contributed by atoms with E-state index in [4.69, 9.17) is 9.84 Å². The first kappa shape index (κ1) is 12.6. The van der Waals surface area contributed by atoms with Crippen molar-refractivity contribution in [2.75, 3.05) is 19.8 Å². The van der Waals surface area contributed by atoms with Gasteiger partial charge in [0.05, 0.1) is 31.8 Å². The third kappa shape index (κ3) is 2.21.